The summed E-state index contributed by atoms with van der Waals surface area (Å²) in [7, 11) is 0. The zero-order valence-electron chi connectivity index (χ0n) is 8.51. The first-order chi connectivity index (χ1) is 6.16. The normalized spacial score (nSPS) is 38.3. The molecule has 0 saturated carbocycles. The molecule has 0 aromatic rings. The number of rotatable bonds is 2. The molecule has 76 valence electrons. The second kappa shape index (κ2) is 3.79. The van der Waals surface area contributed by atoms with Gasteiger partial charge < -0.3 is 4.74 Å². The van der Waals surface area contributed by atoms with E-state index in [2.05, 4.69) is 30.9 Å². The molecule has 2 atom stereocenters. The third-order valence-corrected chi connectivity index (χ3v) is 4.00. The molecule has 2 aliphatic heterocycles. The summed E-state index contributed by atoms with van der Waals surface area (Å²) < 4.78 is 5.71. The first-order valence-corrected chi connectivity index (χ1v) is 6.28. The quantitative estimate of drug-likeness (QED) is 0.737. The van der Waals surface area contributed by atoms with Gasteiger partial charge in [0, 0.05) is 5.54 Å². The molecule has 13 heavy (non-hydrogen) atoms. The third-order valence-electron chi connectivity index (χ3n) is 2.77. The Morgan fingerprint density at radius 1 is 1.54 bits per heavy atom. The maximum atomic E-state index is 5.71. The van der Waals surface area contributed by atoms with Crippen molar-refractivity contribution in [3.05, 3.63) is 0 Å². The molecule has 2 fully saturated rings. The number of nitrogens with one attached hydrogen (secondary N) is 1. The van der Waals surface area contributed by atoms with Gasteiger partial charge in [-0.15, -0.1) is 0 Å². The van der Waals surface area contributed by atoms with E-state index < -0.39 is 0 Å². The Labute approximate surface area is 84.8 Å². The summed E-state index contributed by atoms with van der Waals surface area (Å²) >= 11 is 2.08. The molecule has 2 saturated heterocycles. The molecule has 2 heterocycles. The van der Waals surface area contributed by atoms with Gasteiger partial charge in [0.05, 0.1) is 6.61 Å². The van der Waals surface area contributed by atoms with E-state index in [4.69, 9.17) is 4.74 Å². The molecule has 0 spiro atoms. The van der Waals surface area contributed by atoms with Crippen molar-refractivity contribution in [3.8, 4) is 0 Å². The van der Waals surface area contributed by atoms with Crippen LogP contribution >= 0.6 is 11.8 Å². The molecule has 0 aromatic carbocycles. The van der Waals surface area contributed by atoms with Crippen LogP contribution in [-0.4, -0.2) is 29.9 Å². The fourth-order valence-electron chi connectivity index (χ4n) is 2.03. The van der Waals surface area contributed by atoms with Crippen molar-refractivity contribution in [2.75, 3.05) is 18.1 Å². The van der Waals surface area contributed by atoms with Crippen LogP contribution in [0.2, 0.25) is 0 Å². The second-order valence-corrected chi connectivity index (χ2v) is 5.94. The predicted octanol–water partition coefficient (Wildman–Crippen LogP) is 1.85. The van der Waals surface area contributed by atoms with Crippen molar-refractivity contribution in [2.24, 2.45) is 5.92 Å². The molecule has 2 unspecified atom stereocenters. The highest BCUT2D eigenvalue weighted by Gasteiger charge is 2.32. The van der Waals surface area contributed by atoms with Crippen molar-refractivity contribution in [1.82, 2.24) is 5.32 Å². The lowest BCUT2D eigenvalue weighted by Crippen LogP contribution is -2.39. The summed E-state index contributed by atoms with van der Waals surface area (Å²) in [4.78, 5) is 0. The molecular formula is C10H19NOS. The lowest BCUT2D eigenvalue weighted by Gasteiger charge is -2.18. The summed E-state index contributed by atoms with van der Waals surface area (Å²) in [6, 6.07) is 0. The monoisotopic (exact) mass is 201 g/mol. The van der Waals surface area contributed by atoms with E-state index in [-0.39, 0.29) is 5.54 Å². The highest BCUT2D eigenvalue weighted by molar-refractivity contribution is 7.99. The van der Waals surface area contributed by atoms with Crippen LogP contribution in [0, 0.1) is 5.92 Å². The van der Waals surface area contributed by atoms with E-state index >= 15 is 0 Å². The molecule has 2 nitrogen and oxygen atoms in total. The van der Waals surface area contributed by atoms with Crippen molar-refractivity contribution in [2.45, 2.75) is 38.5 Å². The van der Waals surface area contributed by atoms with Crippen molar-refractivity contribution >= 4 is 11.8 Å². The number of thioether (sulfide) groups is 1. The predicted molar refractivity (Wildman–Crippen MR) is 57.0 cm³/mol. The smallest absolute Gasteiger partial charge is 0.108 e. The van der Waals surface area contributed by atoms with E-state index in [0.29, 0.717) is 6.23 Å². The Kier molecular flexibility index (Phi) is 2.86. The van der Waals surface area contributed by atoms with Gasteiger partial charge in [-0.3, -0.25) is 5.32 Å². The lowest BCUT2D eigenvalue weighted by molar-refractivity contribution is 0.0806. The average Bonchev–Trinajstić information content (AvgIpc) is 2.61. The van der Waals surface area contributed by atoms with Gasteiger partial charge in [0.2, 0.25) is 0 Å². The number of hydrogen-bond donors (Lipinski definition) is 1. The maximum absolute atomic E-state index is 5.71. The second-order valence-electron chi connectivity index (χ2n) is 4.79. The van der Waals surface area contributed by atoms with Crippen LogP contribution < -0.4 is 5.32 Å². The Morgan fingerprint density at radius 3 is 2.92 bits per heavy atom. The zero-order valence-corrected chi connectivity index (χ0v) is 9.32. The van der Waals surface area contributed by atoms with E-state index in [1.54, 1.807) is 0 Å². The number of ether oxygens (including phenoxy) is 1. The average molecular weight is 201 g/mol. The minimum absolute atomic E-state index is 0.191. The largest absolute Gasteiger partial charge is 0.361 e. The Bertz CT molecular complexity index is 178. The van der Waals surface area contributed by atoms with Crippen LogP contribution in [0.15, 0.2) is 0 Å². The van der Waals surface area contributed by atoms with E-state index in [0.717, 1.165) is 12.5 Å². The van der Waals surface area contributed by atoms with Crippen LogP contribution in [0.25, 0.3) is 0 Å². The maximum Gasteiger partial charge on any atom is 0.108 e. The van der Waals surface area contributed by atoms with Crippen molar-refractivity contribution < 1.29 is 4.74 Å². The number of hydrogen-bond acceptors (Lipinski definition) is 3. The van der Waals surface area contributed by atoms with Crippen LogP contribution in [0.4, 0.5) is 0 Å². The fourth-order valence-corrected chi connectivity index (χ4v) is 3.33. The Hall–Kier alpha value is 0.270. The van der Waals surface area contributed by atoms with Gasteiger partial charge in [-0.2, -0.15) is 11.8 Å². The van der Waals surface area contributed by atoms with Gasteiger partial charge in [0.25, 0.3) is 0 Å². The minimum Gasteiger partial charge on any atom is -0.361 e. The van der Waals surface area contributed by atoms with Gasteiger partial charge >= 0.3 is 0 Å². The Morgan fingerprint density at radius 2 is 2.38 bits per heavy atom. The van der Waals surface area contributed by atoms with E-state index in [1.807, 2.05) is 0 Å². The van der Waals surface area contributed by atoms with Gasteiger partial charge in [-0.1, -0.05) is 0 Å². The first kappa shape index (κ1) is 9.81. The summed E-state index contributed by atoms with van der Waals surface area (Å²) in [6.45, 7) is 5.27. The molecule has 0 radical (unpaired) electrons. The fraction of sp³-hybridized carbons (Fsp3) is 1.00. The van der Waals surface area contributed by atoms with Crippen LogP contribution in [0.5, 0.6) is 0 Å². The molecule has 0 aromatic heterocycles. The highest BCUT2D eigenvalue weighted by Crippen LogP contribution is 2.29. The van der Waals surface area contributed by atoms with Crippen LogP contribution in [-0.2, 0) is 4.74 Å². The summed E-state index contributed by atoms with van der Waals surface area (Å²) in [5, 5.41) is 3.53. The van der Waals surface area contributed by atoms with Crippen LogP contribution in [0.1, 0.15) is 26.7 Å². The van der Waals surface area contributed by atoms with Crippen molar-refractivity contribution in [3.63, 3.8) is 0 Å². The molecule has 0 aliphatic carbocycles. The molecule has 0 bridgehead atoms. The van der Waals surface area contributed by atoms with Gasteiger partial charge in [0.15, 0.2) is 0 Å². The SMILES string of the molecule is CC1(C)COC(CC2CCSC2)N1. The summed E-state index contributed by atoms with van der Waals surface area (Å²) in [6.07, 6.45) is 2.90. The molecule has 2 rings (SSSR count). The molecule has 3 heteroatoms. The Balaban J connectivity index is 1.77. The van der Waals surface area contributed by atoms with Crippen LogP contribution in [0.3, 0.4) is 0 Å². The summed E-state index contributed by atoms with van der Waals surface area (Å²) in [5.74, 6) is 3.57. The molecule has 1 N–H and O–H groups in total. The van der Waals surface area contributed by atoms with Gasteiger partial charge in [0.1, 0.15) is 6.23 Å². The van der Waals surface area contributed by atoms with E-state index in [9.17, 15) is 0 Å². The minimum atomic E-state index is 0.191. The molecule has 0 amide bonds. The van der Waals surface area contributed by atoms with Gasteiger partial charge in [-0.25, -0.2) is 0 Å². The first-order valence-electron chi connectivity index (χ1n) is 5.13. The van der Waals surface area contributed by atoms with Gasteiger partial charge in [-0.05, 0) is 44.1 Å². The molecular weight excluding hydrogens is 182 g/mol. The lowest BCUT2D eigenvalue weighted by atomic mass is 10.0. The highest BCUT2D eigenvalue weighted by atomic mass is 32.2. The van der Waals surface area contributed by atoms with E-state index in [1.165, 1.54) is 24.3 Å². The van der Waals surface area contributed by atoms with Crippen molar-refractivity contribution in [1.29, 1.82) is 0 Å². The summed E-state index contributed by atoms with van der Waals surface area (Å²) in [5.41, 5.74) is 0.191. The molecule has 2 aliphatic rings. The third kappa shape index (κ3) is 2.61. The topological polar surface area (TPSA) is 21.3 Å². The zero-order chi connectivity index (χ0) is 9.31. The standard InChI is InChI=1S/C10H19NOS/c1-10(2)7-12-9(11-10)5-8-3-4-13-6-8/h8-9,11H,3-7H2,1-2H3.